The molecule has 132 valence electrons. The van der Waals surface area contributed by atoms with Crippen molar-refractivity contribution in [2.75, 3.05) is 44.3 Å². The van der Waals surface area contributed by atoms with Crippen molar-refractivity contribution in [2.24, 2.45) is 0 Å². The van der Waals surface area contributed by atoms with Crippen molar-refractivity contribution < 1.29 is 4.74 Å². The summed E-state index contributed by atoms with van der Waals surface area (Å²) in [5.74, 6) is 0.999. The van der Waals surface area contributed by atoms with Crippen molar-refractivity contribution in [1.82, 2.24) is 14.9 Å². The Morgan fingerprint density at radius 1 is 0.920 bits per heavy atom. The van der Waals surface area contributed by atoms with Crippen LogP contribution in [0, 0.1) is 0 Å². The van der Waals surface area contributed by atoms with E-state index in [0.717, 1.165) is 56.5 Å². The van der Waals surface area contributed by atoms with Crippen LogP contribution in [0.25, 0.3) is 11.3 Å². The number of morpholine rings is 1. The van der Waals surface area contributed by atoms with Crippen molar-refractivity contribution in [3.8, 4) is 11.3 Å². The Balaban J connectivity index is 1.46. The fraction of sp³-hybridized carbons (Fsp3) is 0.500. The Kier molecular flexibility index (Phi) is 4.95. The molecule has 3 heterocycles. The molecule has 0 N–H and O–H groups in total. The van der Waals surface area contributed by atoms with Crippen molar-refractivity contribution in [1.29, 1.82) is 0 Å². The maximum absolute atomic E-state index is 5.45. The molecular weight excluding hydrogens is 312 g/mol. The topological polar surface area (TPSA) is 41.5 Å². The molecule has 2 aliphatic rings. The molecule has 0 spiro atoms. The molecular formula is C20H26N4O. The van der Waals surface area contributed by atoms with Crippen LogP contribution in [-0.4, -0.2) is 54.3 Å². The minimum Gasteiger partial charge on any atom is -0.379 e. The molecule has 0 amide bonds. The van der Waals surface area contributed by atoms with E-state index in [-0.39, 0.29) is 0 Å². The fourth-order valence-corrected chi connectivity index (χ4v) is 3.69. The molecule has 2 aliphatic heterocycles. The normalized spacial score (nSPS) is 20.0. The Labute approximate surface area is 149 Å². The van der Waals surface area contributed by atoms with Gasteiger partial charge in [0.1, 0.15) is 5.82 Å². The molecule has 1 aromatic heterocycles. The second-order valence-corrected chi connectivity index (χ2v) is 6.90. The van der Waals surface area contributed by atoms with Crippen molar-refractivity contribution in [2.45, 2.75) is 25.8 Å². The molecule has 2 aromatic rings. The van der Waals surface area contributed by atoms with E-state index in [4.69, 9.17) is 4.74 Å². The van der Waals surface area contributed by atoms with E-state index in [1.807, 2.05) is 12.4 Å². The van der Waals surface area contributed by atoms with E-state index in [2.05, 4.69) is 51.0 Å². The molecule has 1 atom stereocenters. The predicted molar refractivity (Wildman–Crippen MR) is 99.7 cm³/mol. The zero-order valence-corrected chi connectivity index (χ0v) is 14.9. The first kappa shape index (κ1) is 16.5. The number of rotatable bonds is 4. The summed E-state index contributed by atoms with van der Waals surface area (Å²) >= 11 is 0. The van der Waals surface area contributed by atoms with Crippen molar-refractivity contribution in [3.05, 3.63) is 42.2 Å². The van der Waals surface area contributed by atoms with E-state index in [9.17, 15) is 0 Å². The van der Waals surface area contributed by atoms with Crippen molar-refractivity contribution in [3.63, 3.8) is 0 Å². The maximum atomic E-state index is 5.45. The van der Waals surface area contributed by atoms with Crippen molar-refractivity contribution >= 4 is 5.82 Å². The third-order valence-corrected chi connectivity index (χ3v) is 5.35. The SMILES string of the molecule is CC(c1ccc(-c2cnc(N3CCCC3)cn2)cc1)N1CCOCC1. The fourth-order valence-electron chi connectivity index (χ4n) is 3.69. The van der Waals surface area contributed by atoms with E-state index in [1.165, 1.54) is 18.4 Å². The maximum Gasteiger partial charge on any atom is 0.147 e. The van der Waals surface area contributed by atoms with Gasteiger partial charge in [0, 0.05) is 37.8 Å². The van der Waals surface area contributed by atoms with Gasteiger partial charge in [0.05, 0.1) is 31.3 Å². The zero-order valence-electron chi connectivity index (χ0n) is 14.9. The van der Waals surface area contributed by atoms with E-state index in [0.29, 0.717) is 6.04 Å². The summed E-state index contributed by atoms with van der Waals surface area (Å²) in [6.07, 6.45) is 6.32. The highest BCUT2D eigenvalue weighted by molar-refractivity contribution is 5.59. The largest absolute Gasteiger partial charge is 0.379 e. The molecule has 1 aromatic carbocycles. The lowest BCUT2D eigenvalue weighted by Gasteiger charge is -2.32. The van der Waals surface area contributed by atoms with E-state index in [1.54, 1.807) is 0 Å². The summed E-state index contributed by atoms with van der Waals surface area (Å²) in [5.41, 5.74) is 3.40. The van der Waals surface area contributed by atoms with Gasteiger partial charge in [-0.25, -0.2) is 4.98 Å². The van der Waals surface area contributed by atoms with Crippen LogP contribution < -0.4 is 4.90 Å². The number of ether oxygens (including phenoxy) is 1. The Morgan fingerprint density at radius 2 is 1.64 bits per heavy atom. The molecule has 0 bridgehead atoms. The molecule has 2 saturated heterocycles. The molecule has 0 radical (unpaired) electrons. The van der Waals surface area contributed by atoms with Gasteiger partial charge in [-0.2, -0.15) is 0 Å². The van der Waals surface area contributed by atoms with Crippen LogP contribution in [0.2, 0.25) is 0 Å². The number of anilines is 1. The lowest BCUT2D eigenvalue weighted by molar-refractivity contribution is 0.0198. The van der Waals surface area contributed by atoms with Crippen LogP contribution in [0.1, 0.15) is 31.4 Å². The van der Waals surface area contributed by atoms with E-state index < -0.39 is 0 Å². The summed E-state index contributed by atoms with van der Waals surface area (Å²) in [6.45, 7) is 8.15. The highest BCUT2D eigenvalue weighted by Gasteiger charge is 2.18. The monoisotopic (exact) mass is 338 g/mol. The van der Waals surface area contributed by atoms with Gasteiger partial charge < -0.3 is 9.64 Å². The number of hydrogen-bond acceptors (Lipinski definition) is 5. The highest BCUT2D eigenvalue weighted by Crippen LogP contribution is 2.25. The Morgan fingerprint density at radius 3 is 2.28 bits per heavy atom. The van der Waals surface area contributed by atoms with Gasteiger partial charge in [0.2, 0.25) is 0 Å². The summed E-state index contributed by atoms with van der Waals surface area (Å²) < 4.78 is 5.45. The minimum atomic E-state index is 0.418. The van der Waals surface area contributed by atoms with Crippen LogP contribution in [-0.2, 0) is 4.74 Å². The second-order valence-electron chi connectivity index (χ2n) is 6.90. The summed E-state index contributed by atoms with van der Waals surface area (Å²) in [7, 11) is 0. The molecule has 2 fully saturated rings. The first-order chi connectivity index (χ1) is 12.3. The third-order valence-electron chi connectivity index (χ3n) is 5.35. The standard InChI is InChI=1S/C20H26N4O/c1-16(23-10-12-25-13-11-23)17-4-6-18(7-5-17)19-14-22-20(15-21-19)24-8-2-3-9-24/h4-7,14-16H,2-3,8-13H2,1H3. The molecule has 5 heteroatoms. The number of nitrogens with zero attached hydrogens (tertiary/aromatic N) is 4. The number of benzene rings is 1. The smallest absolute Gasteiger partial charge is 0.147 e. The molecule has 0 aliphatic carbocycles. The quantitative estimate of drug-likeness (QED) is 0.857. The molecule has 1 unspecified atom stereocenters. The van der Waals surface area contributed by atoms with Crippen LogP contribution >= 0.6 is 0 Å². The highest BCUT2D eigenvalue weighted by atomic mass is 16.5. The molecule has 5 nitrogen and oxygen atoms in total. The third kappa shape index (κ3) is 3.67. The van der Waals surface area contributed by atoms with Gasteiger partial charge in [-0.05, 0) is 25.3 Å². The van der Waals surface area contributed by atoms with Crippen LogP contribution in [0.15, 0.2) is 36.7 Å². The average molecular weight is 338 g/mol. The van der Waals surface area contributed by atoms with Gasteiger partial charge in [-0.3, -0.25) is 9.88 Å². The van der Waals surface area contributed by atoms with Gasteiger partial charge in [0.15, 0.2) is 0 Å². The first-order valence-electron chi connectivity index (χ1n) is 9.30. The van der Waals surface area contributed by atoms with Gasteiger partial charge in [0.25, 0.3) is 0 Å². The summed E-state index contributed by atoms with van der Waals surface area (Å²) in [6, 6.07) is 9.16. The number of hydrogen-bond donors (Lipinski definition) is 0. The van der Waals surface area contributed by atoms with Gasteiger partial charge in [-0.15, -0.1) is 0 Å². The van der Waals surface area contributed by atoms with Crippen LogP contribution in [0.4, 0.5) is 5.82 Å². The van der Waals surface area contributed by atoms with E-state index >= 15 is 0 Å². The molecule has 25 heavy (non-hydrogen) atoms. The lowest BCUT2D eigenvalue weighted by Crippen LogP contribution is -2.37. The van der Waals surface area contributed by atoms with Gasteiger partial charge in [-0.1, -0.05) is 24.3 Å². The average Bonchev–Trinajstić information content (AvgIpc) is 3.23. The Hall–Kier alpha value is -1.98. The lowest BCUT2D eigenvalue weighted by atomic mass is 10.0. The molecule has 4 rings (SSSR count). The van der Waals surface area contributed by atoms with Crippen LogP contribution in [0.5, 0.6) is 0 Å². The number of aromatic nitrogens is 2. The minimum absolute atomic E-state index is 0.418. The summed E-state index contributed by atoms with van der Waals surface area (Å²) in [5, 5.41) is 0. The second kappa shape index (κ2) is 7.50. The van der Waals surface area contributed by atoms with Gasteiger partial charge >= 0.3 is 0 Å². The predicted octanol–water partition coefficient (Wildman–Crippen LogP) is 3.14. The Bertz CT molecular complexity index is 674. The summed E-state index contributed by atoms with van der Waals surface area (Å²) in [4.78, 5) is 14.0. The zero-order chi connectivity index (χ0) is 17.1. The molecule has 0 saturated carbocycles. The first-order valence-corrected chi connectivity index (χ1v) is 9.30. The van der Waals surface area contributed by atoms with Crippen LogP contribution in [0.3, 0.4) is 0 Å².